The number of hydrogen-bond acceptors (Lipinski definition) is 5. The van der Waals surface area contributed by atoms with Crippen LogP contribution < -0.4 is 0 Å². The van der Waals surface area contributed by atoms with Crippen LogP contribution in [0.25, 0.3) is 36.8 Å². The third-order valence-electron chi connectivity index (χ3n) is 4.95. The molecular formula is C23H15N5OS. The van der Waals surface area contributed by atoms with Gasteiger partial charge in [0.2, 0.25) is 5.69 Å². The Kier molecular flexibility index (Phi) is 4.56. The maximum atomic E-state index is 11.4. The van der Waals surface area contributed by atoms with Crippen LogP contribution in [0.1, 0.15) is 17.2 Å². The molecule has 30 heavy (non-hydrogen) atoms. The maximum Gasteiger partial charge on any atom is 0.212 e. The number of aromatic nitrogens is 4. The molecule has 0 spiro atoms. The summed E-state index contributed by atoms with van der Waals surface area (Å²) >= 11 is 1.41. The summed E-state index contributed by atoms with van der Waals surface area (Å²) in [6.07, 6.45) is 5.63. The first kappa shape index (κ1) is 18.2. The number of fused-ring (bicyclic) bond motifs is 1. The fourth-order valence-electron chi connectivity index (χ4n) is 3.53. The van der Waals surface area contributed by atoms with Crippen LogP contribution in [0.2, 0.25) is 0 Å². The smallest absolute Gasteiger partial charge is 0.212 e. The number of aromatic amines is 1. The zero-order valence-corrected chi connectivity index (χ0v) is 16.5. The summed E-state index contributed by atoms with van der Waals surface area (Å²) < 4.78 is 0. The van der Waals surface area contributed by atoms with E-state index in [2.05, 4.69) is 25.0 Å². The van der Waals surface area contributed by atoms with Crippen molar-refractivity contribution in [1.29, 1.82) is 0 Å². The minimum absolute atomic E-state index is 0.403. The van der Waals surface area contributed by atoms with Crippen LogP contribution in [0.15, 0.2) is 73.3 Å². The van der Waals surface area contributed by atoms with Gasteiger partial charge in [0.1, 0.15) is 5.82 Å². The monoisotopic (exact) mass is 409 g/mol. The second-order valence-corrected chi connectivity index (χ2v) is 7.73. The predicted molar refractivity (Wildman–Crippen MR) is 117 cm³/mol. The molecule has 1 unspecified atom stereocenters. The number of hydrogen-bond donors (Lipinski definition) is 2. The molecule has 0 saturated carbocycles. The highest BCUT2D eigenvalue weighted by molar-refractivity contribution is 7.19. The number of nitrogens with zero attached hydrogens (tertiary/aromatic N) is 4. The van der Waals surface area contributed by atoms with Gasteiger partial charge in [-0.1, -0.05) is 36.4 Å². The molecule has 5 rings (SSSR count). The van der Waals surface area contributed by atoms with E-state index in [1.807, 2.05) is 48.5 Å². The van der Waals surface area contributed by atoms with Crippen LogP contribution >= 0.6 is 11.3 Å². The lowest BCUT2D eigenvalue weighted by atomic mass is 9.97. The number of nitrogens with one attached hydrogen (secondary N) is 1. The van der Waals surface area contributed by atoms with Crippen molar-refractivity contribution in [2.45, 2.75) is 6.10 Å². The van der Waals surface area contributed by atoms with E-state index in [9.17, 15) is 5.11 Å². The maximum absolute atomic E-state index is 11.4. The standard InChI is InChI=1S/C23H15N5OS/c1-24-19-18(20(29)16-7-6-14-4-2-3-5-15(14)12-16)22(23-25-10-11-26-23)30-21(19)17-8-9-27-28-13-17/h2-13,20,29H,(H,25,26). The van der Waals surface area contributed by atoms with Gasteiger partial charge in [0.15, 0.2) is 0 Å². The molecule has 3 heterocycles. The average Bonchev–Trinajstić information content (AvgIpc) is 3.46. The van der Waals surface area contributed by atoms with E-state index in [0.29, 0.717) is 17.1 Å². The summed E-state index contributed by atoms with van der Waals surface area (Å²) in [5, 5.41) is 21.3. The lowest BCUT2D eigenvalue weighted by molar-refractivity contribution is 0.222. The number of rotatable bonds is 4. The van der Waals surface area contributed by atoms with Crippen molar-refractivity contribution in [3.8, 4) is 21.1 Å². The van der Waals surface area contributed by atoms with E-state index in [1.165, 1.54) is 11.3 Å². The zero-order valence-electron chi connectivity index (χ0n) is 15.6. The number of H-pyrrole nitrogens is 1. The van der Waals surface area contributed by atoms with E-state index in [-0.39, 0.29) is 0 Å². The quantitative estimate of drug-likeness (QED) is 0.391. The van der Waals surface area contributed by atoms with Crippen molar-refractivity contribution >= 4 is 27.8 Å². The van der Waals surface area contributed by atoms with Gasteiger partial charge < -0.3 is 10.1 Å². The van der Waals surface area contributed by atoms with Crippen LogP contribution in [-0.4, -0.2) is 25.3 Å². The Hall–Kier alpha value is -3.86. The summed E-state index contributed by atoms with van der Waals surface area (Å²) in [7, 11) is 0. The van der Waals surface area contributed by atoms with Crippen LogP contribution in [0.5, 0.6) is 0 Å². The molecule has 144 valence electrons. The first-order chi connectivity index (χ1) is 14.8. The molecule has 6 nitrogen and oxygen atoms in total. The average molecular weight is 409 g/mol. The highest BCUT2D eigenvalue weighted by Crippen LogP contribution is 2.50. The Bertz CT molecular complexity index is 1370. The summed E-state index contributed by atoms with van der Waals surface area (Å²) in [5.41, 5.74) is 2.46. The molecule has 3 aromatic heterocycles. The second-order valence-electron chi connectivity index (χ2n) is 6.71. The van der Waals surface area contributed by atoms with Crippen molar-refractivity contribution in [3.05, 3.63) is 95.9 Å². The van der Waals surface area contributed by atoms with Gasteiger partial charge >= 0.3 is 0 Å². The van der Waals surface area contributed by atoms with Crippen molar-refractivity contribution in [3.63, 3.8) is 0 Å². The number of imidazole rings is 1. The SMILES string of the molecule is [C-]#[N+]c1c(-c2ccnnc2)sc(-c2ncc[nH]2)c1C(O)c1ccc2ccccc2c1. The molecule has 1 atom stereocenters. The Balaban J connectivity index is 1.73. The highest BCUT2D eigenvalue weighted by Gasteiger charge is 2.28. The molecule has 0 aliphatic rings. The molecule has 0 bridgehead atoms. The minimum Gasteiger partial charge on any atom is -0.385 e. The molecular weight excluding hydrogens is 394 g/mol. The van der Waals surface area contributed by atoms with Crippen molar-refractivity contribution in [2.24, 2.45) is 0 Å². The molecule has 0 fully saturated rings. The summed E-state index contributed by atoms with van der Waals surface area (Å²) in [6, 6.07) is 15.7. The largest absolute Gasteiger partial charge is 0.385 e. The number of aliphatic hydroxyl groups excluding tert-OH is 1. The van der Waals surface area contributed by atoms with Gasteiger partial charge in [-0.2, -0.15) is 10.2 Å². The fourth-order valence-corrected chi connectivity index (χ4v) is 4.75. The summed E-state index contributed by atoms with van der Waals surface area (Å²) in [4.78, 5) is 12.7. The van der Waals surface area contributed by atoms with Crippen molar-refractivity contribution in [1.82, 2.24) is 20.2 Å². The van der Waals surface area contributed by atoms with Gasteiger partial charge in [0.05, 0.1) is 29.9 Å². The first-order valence-corrected chi connectivity index (χ1v) is 10.1. The molecule has 0 radical (unpaired) electrons. The van der Waals surface area contributed by atoms with Gasteiger partial charge in [-0.15, -0.1) is 11.3 Å². The summed E-state index contributed by atoms with van der Waals surface area (Å²) in [6.45, 7) is 7.85. The van der Waals surface area contributed by atoms with Crippen molar-refractivity contribution in [2.75, 3.05) is 0 Å². The Morgan fingerprint density at radius 2 is 1.87 bits per heavy atom. The number of benzene rings is 2. The molecule has 7 heteroatoms. The molecule has 0 amide bonds. The van der Waals surface area contributed by atoms with Gasteiger partial charge in [-0.25, -0.2) is 9.83 Å². The van der Waals surface area contributed by atoms with E-state index in [1.54, 1.807) is 24.8 Å². The van der Waals surface area contributed by atoms with Crippen LogP contribution in [0.4, 0.5) is 5.69 Å². The molecule has 0 aliphatic heterocycles. The van der Waals surface area contributed by atoms with Gasteiger partial charge in [0.25, 0.3) is 0 Å². The van der Waals surface area contributed by atoms with Crippen LogP contribution in [0.3, 0.4) is 0 Å². The predicted octanol–water partition coefficient (Wildman–Crippen LogP) is 5.38. The minimum atomic E-state index is -0.974. The normalized spacial score (nSPS) is 12.0. The first-order valence-electron chi connectivity index (χ1n) is 9.24. The third-order valence-corrected chi connectivity index (χ3v) is 6.20. The van der Waals surface area contributed by atoms with Gasteiger partial charge in [-0.3, -0.25) is 0 Å². The molecule has 2 N–H and O–H groups in total. The fraction of sp³-hybridized carbons (Fsp3) is 0.0435. The number of aliphatic hydroxyl groups is 1. The lowest BCUT2D eigenvalue weighted by Crippen LogP contribution is -2.00. The van der Waals surface area contributed by atoms with Gasteiger partial charge in [-0.05, 0) is 28.5 Å². The highest BCUT2D eigenvalue weighted by atomic mass is 32.1. The topological polar surface area (TPSA) is 79.0 Å². The van der Waals surface area contributed by atoms with E-state index in [0.717, 1.165) is 31.7 Å². The molecule has 5 aromatic rings. The Labute approximate surface area is 176 Å². The second kappa shape index (κ2) is 7.52. The van der Waals surface area contributed by atoms with Crippen LogP contribution in [-0.2, 0) is 0 Å². The molecule has 0 saturated heterocycles. The number of thiophene rings is 1. The van der Waals surface area contributed by atoms with E-state index >= 15 is 0 Å². The summed E-state index contributed by atoms with van der Waals surface area (Å²) in [5.74, 6) is 0.619. The van der Waals surface area contributed by atoms with E-state index in [4.69, 9.17) is 6.57 Å². The van der Waals surface area contributed by atoms with Crippen molar-refractivity contribution < 1.29 is 5.11 Å². The molecule has 2 aromatic carbocycles. The van der Waals surface area contributed by atoms with Crippen LogP contribution in [0, 0.1) is 6.57 Å². The Morgan fingerprint density at radius 1 is 1.00 bits per heavy atom. The Morgan fingerprint density at radius 3 is 2.60 bits per heavy atom. The molecule has 0 aliphatic carbocycles. The third kappa shape index (κ3) is 3.05. The van der Waals surface area contributed by atoms with Gasteiger partial charge in [0, 0.05) is 28.4 Å². The van der Waals surface area contributed by atoms with E-state index < -0.39 is 6.10 Å². The zero-order chi connectivity index (χ0) is 20.5. The lowest BCUT2D eigenvalue weighted by Gasteiger charge is -2.14.